The van der Waals surface area contributed by atoms with E-state index in [0.29, 0.717) is 6.42 Å². The minimum Gasteiger partial charge on any atom is -0.465 e. The Morgan fingerprint density at radius 3 is 2.58 bits per heavy atom. The summed E-state index contributed by atoms with van der Waals surface area (Å²) in [5.41, 5.74) is 0.781. The zero-order valence-electron chi connectivity index (χ0n) is 14.9. The van der Waals surface area contributed by atoms with E-state index in [9.17, 15) is 14.4 Å². The number of esters is 1. The number of nitrogens with zero attached hydrogens (tertiary/aromatic N) is 1. The van der Waals surface area contributed by atoms with E-state index in [4.69, 9.17) is 9.84 Å². The van der Waals surface area contributed by atoms with Crippen LogP contribution >= 0.6 is 0 Å². The molecule has 3 atom stereocenters. The summed E-state index contributed by atoms with van der Waals surface area (Å²) >= 11 is 0. The lowest BCUT2D eigenvalue weighted by Gasteiger charge is -2.34. The largest absolute Gasteiger partial charge is 0.465 e. The van der Waals surface area contributed by atoms with E-state index in [-0.39, 0.29) is 24.7 Å². The van der Waals surface area contributed by atoms with Crippen LogP contribution < -0.4 is 5.32 Å². The minimum absolute atomic E-state index is 0.223. The number of amides is 2. The molecule has 0 aromatic heterocycles. The Kier molecular flexibility index (Phi) is 6.77. The molecule has 0 aliphatic carbocycles. The second-order valence-electron chi connectivity index (χ2n) is 6.26. The standard InChI is InChI=1S/C19H24N2O5/c1-13-17(14-9-5-3-6-10-14)26-16(22)12-8-4-7-11-15(20-19(24)25)18(23)21(13)2/h3-7,9-10,13,15,17,20H,8,11-12H2,1-2H3,(H,24,25)/b7-4+/t13-,15-,17+/m1/s1. The van der Waals surface area contributed by atoms with Gasteiger partial charge in [-0.05, 0) is 25.3 Å². The zero-order chi connectivity index (χ0) is 19.1. The van der Waals surface area contributed by atoms with Gasteiger partial charge in [0.1, 0.15) is 12.1 Å². The maximum Gasteiger partial charge on any atom is 0.405 e. The molecule has 1 heterocycles. The van der Waals surface area contributed by atoms with Gasteiger partial charge < -0.3 is 20.1 Å². The number of rotatable bonds is 2. The Bertz CT molecular complexity index is 674. The summed E-state index contributed by atoms with van der Waals surface area (Å²) in [5, 5.41) is 11.3. The monoisotopic (exact) mass is 360 g/mol. The molecule has 0 saturated carbocycles. The van der Waals surface area contributed by atoms with Gasteiger partial charge in [-0.3, -0.25) is 9.59 Å². The summed E-state index contributed by atoms with van der Waals surface area (Å²) in [6.07, 6.45) is 2.50. The van der Waals surface area contributed by atoms with Gasteiger partial charge in [0, 0.05) is 13.5 Å². The minimum atomic E-state index is -1.25. The molecule has 1 aromatic carbocycles. The highest BCUT2D eigenvalue weighted by molar-refractivity contribution is 5.85. The number of carbonyl (C=O) groups excluding carboxylic acids is 2. The second kappa shape index (κ2) is 9.03. The van der Waals surface area contributed by atoms with Crippen molar-refractivity contribution in [1.29, 1.82) is 0 Å². The number of benzene rings is 1. The molecule has 2 amide bonds. The van der Waals surface area contributed by atoms with Crippen molar-refractivity contribution in [3.8, 4) is 0 Å². The van der Waals surface area contributed by atoms with Crippen LogP contribution in [0.25, 0.3) is 0 Å². The highest BCUT2D eigenvalue weighted by Crippen LogP contribution is 2.26. The average Bonchev–Trinajstić information content (AvgIpc) is 2.62. The van der Waals surface area contributed by atoms with Crippen LogP contribution in [0.15, 0.2) is 42.5 Å². The Morgan fingerprint density at radius 1 is 1.23 bits per heavy atom. The Morgan fingerprint density at radius 2 is 1.92 bits per heavy atom. The van der Waals surface area contributed by atoms with Gasteiger partial charge in [-0.2, -0.15) is 0 Å². The fourth-order valence-corrected chi connectivity index (χ4v) is 2.86. The summed E-state index contributed by atoms with van der Waals surface area (Å²) in [5.74, 6) is -0.709. The van der Waals surface area contributed by atoms with Gasteiger partial charge in [0.2, 0.25) is 5.91 Å². The van der Waals surface area contributed by atoms with E-state index in [1.54, 1.807) is 26.1 Å². The molecule has 0 fully saturated rings. The summed E-state index contributed by atoms with van der Waals surface area (Å²) in [6, 6.07) is 7.86. The lowest BCUT2D eigenvalue weighted by atomic mass is 10.0. The van der Waals surface area contributed by atoms with Gasteiger partial charge in [-0.1, -0.05) is 42.5 Å². The molecule has 0 unspecified atom stereocenters. The predicted octanol–water partition coefficient (Wildman–Crippen LogP) is 2.49. The van der Waals surface area contributed by atoms with E-state index in [1.165, 1.54) is 4.90 Å². The quantitative estimate of drug-likeness (QED) is 0.624. The van der Waals surface area contributed by atoms with Crippen molar-refractivity contribution in [2.75, 3.05) is 7.05 Å². The number of hydrogen-bond acceptors (Lipinski definition) is 4. The molecular formula is C19H24N2O5. The summed E-state index contributed by atoms with van der Waals surface area (Å²) < 4.78 is 5.65. The zero-order valence-corrected chi connectivity index (χ0v) is 14.9. The van der Waals surface area contributed by atoms with Crippen LogP contribution in [0.4, 0.5) is 4.79 Å². The van der Waals surface area contributed by atoms with E-state index >= 15 is 0 Å². The molecular weight excluding hydrogens is 336 g/mol. The van der Waals surface area contributed by atoms with Gasteiger partial charge in [0.25, 0.3) is 0 Å². The smallest absolute Gasteiger partial charge is 0.405 e. The van der Waals surface area contributed by atoms with Crippen LogP contribution in [-0.2, 0) is 14.3 Å². The van der Waals surface area contributed by atoms with Crippen molar-refractivity contribution >= 4 is 18.0 Å². The molecule has 140 valence electrons. The number of carboxylic acid groups (broad SMARTS) is 1. The number of ether oxygens (including phenoxy) is 1. The third-order valence-corrected chi connectivity index (χ3v) is 4.43. The predicted molar refractivity (Wildman–Crippen MR) is 95.4 cm³/mol. The first-order valence-corrected chi connectivity index (χ1v) is 8.55. The number of allylic oxidation sites excluding steroid dienone is 1. The first kappa shape index (κ1) is 19.5. The molecule has 26 heavy (non-hydrogen) atoms. The lowest BCUT2D eigenvalue weighted by Crippen LogP contribution is -2.51. The molecule has 2 N–H and O–H groups in total. The normalized spacial score (nSPS) is 26.2. The fraction of sp³-hybridized carbons (Fsp3) is 0.421. The highest BCUT2D eigenvalue weighted by Gasteiger charge is 2.32. The van der Waals surface area contributed by atoms with E-state index in [2.05, 4.69) is 5.32 Å². The summed E-state index contributed by atoms with van der Waals surface area (Å²) in [6.45, 7) is 1.78. The van der Waals surface area contributed by atoms with Crippen molar-refractivity contribution in [3.05, 3.63) is 48.0 Å². The van der Waals surface area contributed by atoms with Gasteiger partial charge >= 0.3 is 12.1 Å². The molecule has 1 aliphatic heterocycles. The van der Waals surface area contributed by atoms with Crippen LogP contribution in [0.2, 0.25) is 0 Å². The maximum atomic E-state index is 12.8. The van der Waals surface area contributed by atoms with Crippen molar-refractivity contribution in [2.24, 2.45) is 0 Å². The van der Waals surface area contributed by atoms with Crippen molar-refractivity contribution in [2.45, 2.75) is 44.4 Å². The third kappa shape index (κ3) is 5.08. The van der Waals surface area contributed by atoms with Crippen LogP contribution in [0.1, 0.15) is 37.9 Å². The van der Waals surface area contributed by atoms with Crippen LogP contribution in [0.3, 0.4) is 0 Å². The van der Waals surface area contributed by atoms with Crippen molar-refractivity contribution in [1.82, 2.24) is 10.2 Å². The second-order valence-corrected chi connectivity index (χ2v) is 6.26. The number of carbonyl (C=O) groups is 3. The summed E-state index contributed by atoms with van der Waals surface area (Å²) in [7, 11) is 1.59. The molecule has 0 radical (unpaired) electrons. The molecule has 0 saturated heterocycles. The van der Waals surface area contributed by atoms with E-state index in [1.807, 2.05) is 30.3 Å². The number of hydrogen-bond donors (Lipinski definition) is 2. The first-order valence-electron chi connectivity index (χ1n) is 8.55. The van der Waals surface area contributed by atoms with Crippen LogP contribution in [0, 0.1) is 0 Å². The van der Waals surface area contributed by atoms with Gasteiger partial charge in [0.05, 0.1) is 6.04 Å². The molecule has 1 aliphatic rings. The Balaban J connectivity index is 2.34. The summed E-state index contributed by atoms with van der Waals surface area (Å²) in [4.78, 5) is 37.4. The molecule has 2 rings (SSSR count). The molecule has 7 nitrogen and oxygen atoms in total. The van der Waals surface area contributed by atoms with Crippen LogP contribution in [-0.4, -0.2) is 47.1 Å². The van der Waals surface area contributed by atoms with E-state index in [0.717, 1.165) is 5.56 Å². The SMILES string of the molecule is C[C@@H]1[C@@H](c2ccccc2)OC(=O)CC/C=C/C[C@@H](NC(=O)O)C(=O)N1C. The fourth-order valence-electron chi connectivity index (χ4n) is 2.86. The molecule has 1 aromatic rings. The highest BCUT2D eigenvalue weighted by atomic mass is 16.5. The maximum absolute atomic E-state index is 12.8. The molecule has 0 spiro atoms. The number of nitrogens with one attached hydrogen (secondary N) is 1. The first-order chi connectivity index (χ1) is 12.4. The Hall–Kier alpha value is -2.83. The molecule has 7 heteroatoms. The van der Waals surface area contributed by atoms with Crippen molar-refractivity contribution in [3.63, 3.8) is 0 Å². The third-order valence-electron chi connectivity index (χ3n) is 4.43. The van der Waals surface area contributed by atoms with Gasteiger partial charge in [0.15, 0.2) is 0 Å². The number of likely N-dealkylation sites (N-methyl/N-ethyl adjacent to an activating group) is 1. The van der Waals surface area contributed by atoms with Crippen molar-refractivity contribution < 1.29 is 24.2 Å². The molecule has 0 bridgehead atoms. The average molecular weight is 360 g/mol. The Labute approximate surface area is 152 Å². The number of cyclic esters (lactones) is 1. The topological polar surface area (TPSA) is 95.9 Å². The lowest BCUT2D eigenvalue weighted by molar-refractivity contribution is -0.155. The van der Waals surface area contributed by atoms with Crippen LogP contribution in [0.5, 0.6) is 0 Å². The van der Waals surface area contributed by atoms with E-state index < -0.39 is 24.3 Å². The van der Waals surface area contributed by atoms with Gasteiger partial charge in [-0.25, -0.2) is 4.79 Å². The van der Waals surface area contributed by atoms with Gasteiger partial charge in [-0.15, -0.1) is 0 Å².